The van der Waals surface area contributed by atoms with E-state index in [-0.39, 0.29) is 18.1 Å². The molecule has 3 aliphatic rings. The fourth-order valence-corrected chi connectivity index (χ4v) is 4.06. The summed E-state index contributed by atoms with van der Waals surface area (Å²) in [5.41, 5.74) is 0. The maximum atomic E-state index is 11.3. The molecule has 0 aliphatic carbocycles. The summed E-state index contributed by atoms with van der Waals surface area (Å²) >= 11 is 0. The van der Waals surface area contributed by atoms with Crippen molar-refractivity contribution in [3.8, 4) is 0 Å². The van der Waals surface area contributed by atoms with Crippen molar-refractivity contribution >= 4 is 5.97 Å². The smallest absolute Gasteiger partial charge is 0.308 e. The highest BCUT2D eigenvalue weighted by Crippen LogP contribution is 2.41. The number of hydrogen-bond donors (Lipinski definition) is 1. The van der Waals surface area contributed by atoms with Crippen molar-refractivity contribution in [3.63, 3.8) is 0 Å². The van der Waals surface area contributed by atoms with Crippen LogP contribution < -0.4 is 0 Å². The number of rotatable bonds is 4. The quantitative estimate of drug-likeness (QED) is 0.811. The van der Waals surface area contributed by atoms with Gasteiger partial charge in [-0.3, -0.25) is 14.6 Å². The zero-order valence-corrected chi connectivity index (χ0v) is 11.6. The molecule has 4 atom stereocenters. The number of morpholine rings is 1. The van der Waals surface area contributed by atoms with Crippen LogP contribution in [0.15, 0.2) is 0 Å². The third-order valence-electron chi connectivity index (χ3n) is 5.08. The predicted octanol–water partition coefficient (Wildman–Crippen LogP) is 0.645. The van der Waals surface area contributed by atoms with Crippen LogP contribution in [0.4, 0.5) is 0 Å². The molecule has 5 nitrogen and oxygen atoms in total. The Labute approximate surface area is 114 Å². The van der Waals surface area contributed by atoms with Crippen molar-refractivity contribution in [2.75, 3.05) is 32.8 Å². The molecule has 0 aromatic carbocycles. The maximum absolute atomic E-state index is 11.3. The second kappa shape index (κ2) is 5.38. The minimum absolute atomic E-state index is 0.149. The largest absolute Gasteiger partial charge is 0.481 e. The molecule has 0 radical (unpaired) electrons. The van der Waals surface area contributed by atoms with Crippen LogP contribution in [0.2, 0.25) is 0 Å². The Morgan fingerprint density at radius 1 is 1.42 bits per heavy atom. The van der Waals surface area contributed by atoms with Crippen molar-refractivity contribution in [2.24, 2.45) is 5.92 Å². The van der Waals surface area contributed by atoms with E-state index in [1.54, 1.807) is 0 Å². The number of carboxylic acid groups (broad SMARTS) is 1. The van der Waals surface area contributed by atoms with Crippen molar-refractivity contribution in [3.05, 3.63) is 0 Å². The van der Waals surface area contributed by atoms with Crippen LogP contribution in [0.25, 0.3) is 0 Å². The topological polar surface area (TPSA) is 53.0 Å². The Balaban J connectivity index is 1.60. The van der Waals surface area contributed by atoms with E-state index < -0.39 is 5.97 Å². The Morgan fingerprint density at radius 3 is 2.95 bits per heavy atom. The van der Waals surface area contributed by atoms with Gasteiger partial charge in [-0.2, -0.15) is 0 Å². The number of hydrogen-bond acceptors (Lipinski definition) is 4. The average molecular weight is 268 g/mol. The van der Waals surface area contributed by atoms with Gasteiger partial charge in [0.25, 0.3) is 0 Å². The number of likely N-dealkylation sites (N-methyl/N-ethyl adjacent to an activating group) is 1. The molecule has 0 aromatic heterocycles. The molecular formula is C14H24N2O3. The molecule has 0 amide bonds. The molecule has 0 aromatic rings. The molecule has 5 heteroatoms. The molecule has 1 N–H and O–H groups in total. The zero-order valence-electron chi connectivity index (χ0n) is 11.6. The first-order valence-corrected chi connectivity index (χ1v) is 7.51. The minimum Gasteiger partial charge on any atom is -0.481 e. The van der Waals surface area contributed by atoms with Gasteiger partial charge in [0.1, 0.15) is 0 Å². The molecule has 3 saturated heterocycles. The fourth-order valence-electron chi connectivity index (χ4n) is 4.06. The predicted molar refractivity (Wildman–Crippen MR) is 71.1 cm³/mol. The van der Waals surface area contributed by atoms with E-state index in [9.17, 15) is 9.90 Å². The van der Waals surface area contributed by atoms with Gasteiger partial charge in [0.2, 0.25) is 0 Å². The summed E-state index contributed by atoms with van der Waals surface area (Å²) in [6, 6.07) is 0.731. The summed E-state index contributed by atoms with van der Waals surface area (Å²) in [5.74, 6) is -0.762. The lowest BCUT2D eigenvalue weighted by atomic mass is 9.89. The molecule has 19 heavy (non-hydrogen) atoms. The monoisotopic (exact) mass is 268 g/mol. The summed E-state index contributed by atoms with van der Waals surface area (Å²) in [6.07, 6.45) is 3.30. The van der Waals surface area contributed by atoms with Gasteiger partial charge in [0.05, 0.1) is 18.6 Å². The molecule has 3 heterocycles. The van der Waals surface area contributed by atoms with E-state index in [0.29, 0.717) is 6.04 Å². The Kier molecular flexibility index (Phi) is 3.78. The van der Waals surface area contributed by atoms with E-state index in [1.807, 2.05) is 0 Å². The van der Waals surface area contributed by atoms with Crippen molar-refractivity contribution < 1.29 is 14.6 Å². The molecule has 3 aliphatic heterocycles. The summed E-state index contributed by atoms with van der Waals surface area (Å²) in [6.45, 7) is 6.99. The molecule has 4 unspecified atom stereocenters. The standard InChI is InChI=1S/C14H24N2O3/c1-2-15-5-6-19-11(8-15)9-16-10-3-4-13(16)12(7-10)14(17)18/h10-13H,2-9H2,1H3,(H,17,18). The normalized spacial score (nSPS) is 39.8. The van der Waals surface area contributed by atoms with E-state index >= 15 is 0 Å². The van der Waals surface area contributed by atoms with Gasteiger partial charge in [0.15, 0.2) is 0 Å². The van der Waals surface area contributed by atoms with E-state index in [0.717, 1.165) is 45.6 Å². The summed E-state index contributed by atoms with van der Waals surface area (Å²) in [7, 11) is 0. The third-order valence-corrected chi connectivity index (χ3v) is 5.08. The van der Waals surface area contributed by atoms with Gasteiger partial charge in [-0.1, -0.05) is 6.92 Å². The number of nitrogens with zero attached hydrogens (tertiary/aromatic N) is 2. The lowest BCUT2D eigenvalue weighted by molar-refractivity contribution is -0.142. The SMILES string of the molecule is CCN1CCOC(CN2C3CCC2C(C(=O)O)C3)C1. The molecule has 2 bridgehead atoms. The van der Waals surface area contributed by atoms with E-state index in [4.69, 9.17) is 4.74 Å². The Hall–Kier alpha value is -0.650. The van der Waals surface area contributed by atoms with Crippen LogP contribution in [-0.2, 0) is 9.53 Å². The van der Waals surface area contributed by atoms with Crippen LogP contribution in [-0.4, -0.2) is 71.8 Å². The second-order valence-corrected chi connectivity index (χ2v) is 6.06. The van der Waals surface area contributed by atoms with Crippen LogP contribution >= 0.6 is 0 Å². The first kappa shape index (κ1) is 13.3. The van der Waals surface area contributed by atoms with E-state index in [2.05, 4.69) is 16.7 Å². The first-order chi connectivity index (χ1) is 9.19. The van der Waals surface area contributed by atoms with Crippen molar-refractivity contribution in [1.29, 1.82) is 0 Å². The molecule has 3 fully saturated rings. The van der Waals surface area contributed by atoms with Crippen LogP contribution in [0.1, 0.15) is 26.2 Å². The zero-order chi connectivity index (χ0) is 13.4. The van der Waals surface area contributed by atoms with Gasteiger partial charge in [-0.05, 0) is 25.8 Å². The van der Waals surface area contributed by atoms with Gasteiger partial charge in [-0.15, -0.1) is 0 Å². The second-order valence-electron chi connectivity index (χ2n) is 6.06. The van der Waals surface area contributed by atoms with Crippen LogP contribution in [0.5, 0.6) is 0 Å². The molecule has 108 valence electrons. The Morgan fingerprint density at radius 2 is 2.26 bits per heavy atom. The highest BCUT2D eigenvalue weighted by atomic mass is 16.5. The lowest BCUT2D eigenvalue weighted by Gasteiger charge is -2.35. The average Bonchev–Trinajstić information content (AvgIpc) is 2.96. The minimum atomic E-state index is -0.614. The highest BCUT2D eigenvalue weighted by Gasteiger charge is 2.49. The van der Waals surface area contributed by atoms with Gasteiger partial charge < -0.3 is 9.84 Å². The summed E-state index contributed by atoms with van der Waals surface area (Å²) < 4.78 is 5.86. The molecule has 3 rings (SSSR count). The molecule has 0 spiro atoms. The number of ether oxygens (including phenoxy) is 1. The number of aliphatic carboxylic acids is 1. The maximum Gasteiger partial charge on any atom is 0.308 e. The van der Waals surface area contributed by atoms with Crippen LogP contribution in [0.3, 0.4) is 0 Å². The number of fused-ring (bicyclic) bond motifs is 2. The first-order valence-electron chi connectivity index (χ1n) is 7.51. The van der Waals surface area contributed by atoms with Gasteiger partial charge in [0, 0.05) is 31.7 Å². The van der Waals surface area contributed by atoms with Crippen LogP contribution in [0, 0.1) is 5.92 Å². The fraction of sp³-hybridized carbons (Fsp3) is 0.929. The third kappa shape index (κ3) is 2.51. The number of carbonyl (C=O) groups is 1. The lowest BCUT2D eigenvalue weighted by Crippen LogP contribution is -2.48. The van der Waals surface area contributed by atoms with Gasteiger partial charge >= 0.3 is 5.97 Å². The molecule has 0 saturated carbocycles. The van der Waals surface area contributed by atoms with Crippen molar-refractivity contribution in [1.82, 2.24) is 9.80 Å². The van der Waals surface area contributed by atoms with Gasteiger partial charge in [-0.25, -0.2) is 0 Å². The van der Waals surface area contributed by atoms with Crippen molar-refractivity contribution in [2.45, 2.75) is 44.4 Å². The summed E-state index contributed by atoms with van der Waals surface area (Å²) in [4.78, 5) is 16.1. The highest BCUT2D eigenvalue weighted by molar-refractivity contribution is 5.71. The Bertz CT molecular complexity index is 350. The summed E-state index contributed by atoms with van der Waals surface area (Å²) in [5, 5.41) is 9.27. The molecular weight excluding hydrogens is 244 g/mol. The number of carboxylic acids is 1. The van der Waals surface area contributed by atoms with E-state index in [1.165, 1.54) is 6.42 Å².